The van der Waals surface area contributed by atoms with E-state index in [4.69, 9.17) is 10.8 Å². The number of carbonyl (C=O) groups is 2. The Kier molecular flexibility index (Phi) is 11.9. The molecule has 2 aliphatic rings. The number of nitrogens with one attached hydrogen (secondary N) is 3. The molecule has 0 fully saturated rings. The van der Waals surface area contributed by atoms with E-state index in [1.54, 1.807) is 24.3 Å². The molecule has 1 aromatic heterocycles. The maximum Gasteiger partial charge on any atom is 0.251 e. The van der Waals surface area contributed by atoms with Crippen LogP contribution in [0.15, 0.2) is 108 Å². The van der Waals surface area contributed by atoms with Gasteiger partial charge in [-0.05, 0) is 91.2 Å². The summed E-state index contributed by atoms with van der Waals surface area (Å²) in [5.41, 5.74) is 8.23. The highest BCUT2D eigenvalue weighted by atomic mass is 32.2. The SMILES string of the molecule is C#Cc1cccc(Nc2ncnc3ccc(NC(=O)CCNC(=O)c4ccc(-c5c6ccc(=[N+](C)C)cc-6oc6cc(N(C)CCCS(=O)(=O)[O-])ccc56)c(C)c4)cc23)c1. The number of terminal acetylenes is 1. The molecule has 2 heterocycles. The van der Waals surface area contributed by atoms with Gasteiger partial charge in [-0.25, -0.2) is 23.0 Å². The summed E-state index contributed by atoms with van der Waals surface area (Å²) in [6.45, 7) is 2.44. The second-order valence-corrected chi connectivity index (χ2v) is 16.2. The van der Waals surface area contributed by atoms with Crippen LogP contribution in [0.2, 0.25) is 0 Å². The number of aryl methyl sites for hydroxylation is 1. The normalized spacial score (nSPS) is 11.3. The number of benzene rings is 5. The third-order valence-corrected chi connectivity index (χ3v) is 10.9. The Hall–Kier alpha value is -7.08. The molecule has 60 heavy (non-hydrogen) atoms. The highest BCUT2D eigenvalue weighted by molar-refractivity contribution is 7.85. The van der Waals surface area contributed by atoms with Crippen molar-refractivity contribution in [2.45, 2.75) is 19.8 Å². The molecule has 3 N–H and O–H groups in total. The van der Waals surface area contributed by atoms with Gasteiger partial charge in [0.05, 0.1) is 21.7 Å². The number of nitrogens with zero attached hydrogens (tertiary/aromatic N) is 4. The molecule has 0 atom stereocenters. The van der Waals surface area contributed by atoms with Crippen molar-refractivity contribution in [3.63, 3.8) is 0 Å². The largest absolute Gasteiger partial charge is 0.748 e. The summed E-state index contributed by atoms with van der Waals surface area (Å²) in [5.74, 6) is 2.83. The lowest BCUT2D eigenvalue weighted by Crippen LogP contribution is -2.27. The van der Waals surface area contributed by atoms with Gasteiger partial charge in [0.15, 0.2) is 0 Å². The van der Waals surface area contributed by atoms with Crippen molar-refractivity contribution in [3.8, 4) is 34.8 Å². The fraction of sp³-hybridized carbons (Fsp3) is 0.196. The lowest BCUT2D eigenvalue weighted by molar-refractivity contribution is -0.116. The van der Waals surface area contributed by atoms with Gasteiger partial charge in [0.25, 0.3) is 5.91 Å². The molecule has 0 saturated heterocycles. The zero-order chi connectivity index (χ0) is 42.6. The van der Waals surface area contributed by atoms with Gasteiger partial charge in [0.2, 0.25) is 11.3 Å². The number of fused-ring (bicyclic) bond motifs is 3. The number of carbonyl (C=O) groups excluding carboxylic acids is 2. The fourth-order valence-electron chi connectivity index (χ4n) is 7.04. The summed E-state index contributed by atoms with van der Waals surface area (Å²) in [4.78, 5) is 37.0. The molecule has 0 bridgehead atoms. The number of amides is 2. The van der Waals surface area contributed by atoms with Crippen molar-refractivity contribution < 1.29 is 27.0 Å². The zero-order valence-corrected chi connectivity index (χ0v) is 34.4. The van der Waals surface area contributed by atoms with E-state index in [2.05, 4.69) is 31.8 Å². The molecule has 4 aromatic carbocycles. The van der Waals surface area contributed by atoms with Gasteiger partial charge >= 0.3 is 0 Å². The first-order valence-corrected chi connectivity index (χ1v) is 20.8. The Bertz CT molecular complexity index is 2990. The first-order chi connectivity index (χ1) is 28.8. The summed E-state index contributed by atoms with van der Waals surface area (Å²) in [5, 5.41) is 11.6. The Morgan fingerprint density at radius 1 is 0.917 bits per heavy atom. The van der Waals surface area contributed by atoms with Gasteiger partial charge < -0.3 is 29.8 Å². The zero-order valence-electron chi connectivity index (χ0n) is 33.6. The van der Waals surface area contributed by atoms with Gasteiger partial charge in [0, 0.05) is 94.5 Å². The molecule has 1 aliphatic carbocycles. The minimum absolute atomic E-state index is 0.0471. The van der Waals surface area contributed by atoms with Crippen LogP contribution in [-0.4, -0.2) is 74.7 Å². The van der Waals surface area contributed by atoms with Crippen LogP contribution in [0.3, 0.4) is 0 Å². The van der Waals surface area contributed by atoms with Crippen LogP contribution in [0, 0.1) is 19.3 Å². The van der Waals surface area contributed by atoms with Crippen LogP contribution in [0.4, 0.5) is 22.9 Å². The summed E-state index contributed by atoms with van der Waals surface area (Å²) >= 11 is 0. The number of anilines is 4. The third kappa shape index (κ3) is 9.44. The minimum atomic E-state index is -4.30. The molecule has 0 saturated carbocycles. The van der Waals surface area contributed by atoms with E-state index in [1.165, 1.54) is 6.33 Å². The number of aromatic nitrogens is 2. The summed E-state index contributed by atoms with van der Waals surface area (Å²) in [7, 11) is 1.44. The Morgan fingerprint density at radius 3 is 2.50 bits per heavy atom. The van der Waals surface area contributed by atoms with Crippen molar-refractivity contribution in [2.75, 3.05) is 55.5 Å². The maximum atomic E-state index is 13.4. The van der Waals surface area contributed by atoms with Gasteiger partial charge in [-0.3, -0.25) is 9.59 Å². The second kappa shape index (κ2) is 17.4. The van der Waals surface area contributed by atoms with Gasteiger partial charge in [-0.2, -0.15) is 0 Å². The van der Waals surface area contributed by atoms with Gasteiger partial charge in [0.1, 0.15) is 37.6 Å². The first kappa shape index (κ1) is 41.1. The van der Waals surface area contributed by atoms with Crippen molar-refractivity contribution in [1.29, 1.82) is 0 Å². The van der Waals surface area contributed by atoms with E-state index in [9.17, 15) is 22.6 Å². The molecule has 0 spiro atoms. The Balaban J connectivity index is 1.06. The Morgan fingerprint density at radius 2 is 1.73 bits per heavy atom. The summed E-state index contributed by atoms with van der Waals surface area (Å²) in [6, 6.07) is 30.1. The quantitative estimate of drug-likeness (QED) is 0.0516. The molecule has 1 aliphatic heterocycles. The number of rotatable bonds is 13. The van der Waals surface area contributed by atoms with Crippen LogP contribution in [0.1, 0.15) is 34.3 Å². The van der Waals surface area contributed by atoms with Crippen molar-refractivity contribution in [1.82, 2.24) is 19.9 Å². The van der Waals surface area contributed by atoms with Crippen LogP contribution in [0.25, 0.3) is 44.3 Å². The maximum absolute atomic E-state index is 13.4. The number of hydrogen-bond donors (Lipinski definition) is 3. The minimum Gasteiger partial charge on any atom is -0.748 e. The Labute approximate surface area is 347 Å². The van der Waals surface area contributed by atoms with Crippen LogP contribution in [-0.2, 0) is 14.9 Å². The van der Waals surface area contributed by atoms with Gasteiger partial charge in [-0.15, -0.1) is 6.42 Å². The predicted molar refractivity (Wildman–Crippen MR) is 235 cm³/mol. The van der Waals surface area contributed by atoms with Crippen molar-refractivity contribution >= 4 is 66.7 Å². The monoisotopic (exact) mass is 821 g/mol. The lowest BCUT2D eigenvalue weighted by atomic mass is 9.90. The highest BCUT2D eigenvalue weighted by Crippen LogP contribution is 2.42. The van der Waals surface area contributed by atoms with E-state index >= 15 is 0 Å². The highest BCUT2D eigenvalue weighted by Gasteiger charge is 2.21. The molecule has 14 heteroatoms. The molecule has 7 rings (SSSR count). The van der Waals surface area contributed by atoms with E-state index in [1.807, 2.05) is 110 Å². The average Bonchev–Trinajstić information content (AvgIpc) is 3.22. The summed E-state index contributed by atoms with van der Waals surface area (Å²) < 4.78 is 42.0. The van der Waals surface area contributed by atoms with E-state index in [0.29, 0.717) is 45.9 Å². The van der Waals surface area contributed by atoms with Gasteiger partial charge in [-0.1, -0.05) is 18.1 Å². The van der Waals surface area contributed by atoms with Crippen LogP contribution >= 0.6 is 0 Å². The molecule has 0 radical (unpaired) electrons. The van der Waals surface area contributed by atoms with Crippen LogP contribution in [0.5, 0.6) is 0 Å². The molecule has 5 aromatic rings. The second-order valence-electron chi connectivity index (χ2n) is 14.7. The average molecular weight is 822 g/mol. The van der Waals surface area contributed by atoms with Crippen molar-refractivity contribution in [2.24, 2.45) is 0 Å². The number of hydrogen-bond acceptors (Lipinski definition) is 10. The first-order valence-electron chi connectivity index (χ1n) is 19.2. The molecule has 13 nitrogen and oxygen atoms in total. The molecule has 2 amide bonds. The summed E-state index contributed by atoms with van der Waals surface area (Å²) in [6.07, 6.45) is 7.27. The van der Waals surface area contributed by atoms with Crippen molar-refractivity contribution in [3.05, 3.63) is 125 Å². The van der Waals surface area contributed by atoms with E-state index in [-0.39, 0.29) is 31.2 Å². The molecular formula is C46H43N7O6S. The fourth-order valence-corrected chi connectivity index (χ4v) is 7.52. The van der Waals surface area contributed by atoms with Crippen LogP contribution < -0.4 is 30.8 Å². The lowest BCUT2D eigenvalue weighted by Gasteiger charge is -2.22. The standard InChI is InChI=1S/C46H43N7O6S/c1-6-30-9-7-10-32(24-30)51-45-39-25-33(12-18-40(39)48-28-49-45)50-43(54)19-20-47-46(55)31-11-15-36(29(2)23-31)44-37-16-13-34(52(3)4)26-41(37)59-42-27-35(14-17-38(42)44)53(5)21-8-22-60(56,57)58/h1,7,9-18,23-28,47H,8,19-22H2,2-5H3,(H2,55,56,57,58). The molecule has 0 unspecified atom stereocenters. The molecular weight excluding hydrogens is 779 g/mol. The topological polar surface area (TPSA) is 173 Å². The third-order valence-electron chi connectivity index (χ3n) is 10.1. The smallest absolute Gasteiger partial charge is 0.251 e. The van der Waals surface area contributed by atoms with E-state index < -0.39 is 15.9 Å². The predicted octanol–water partition coefficient (Wildman–Crippen LogP) is 6.34. The molecule has 304 valence electrons. The van der Waals surface area contributed by atoms with E-state index in [0.717, 1.165) is 49.9 Å².